The number of amides is 1. The van der Waals surface area contributed by atoms with E-state index in [0.29, 0.717) is 12.3 Å². The number of aromatic hydroxyl groups is 1. The molecule has 98 valence electrons. The molecule has 1 aromatic carbocycles. The Morgan fingerprint density at radius 1 is 1.33 bits per heavy atom. The average molecular weight is 248 g/mol. The van der Waals surface area contributed by atoms with Crippen LogP contribution in [-0.2, 0) is 11.2 Å². The first-order valence-electron chi connectivity index (χ1n) is 6.52. The number of nitrogens with zero attached hydrogens (tertiary/aromatic N) is 1. The predicted octanol–water partition coefficient (Wildman–Crippen LogP) is 1.15. The van der Waals surface area contributed by atoms with Crippen LogP contribution in [0.4, 0.5) is 0 Å². The van der Waals surface area contributed by atoms with Crippen LogP contribution >= 0.6 is 0 Å². The van der Waals surface area contributed by atoms with Crippen LogP contribution in [0.25, 0.3) is 0 Å². The van der Waals surface area contributed by atoms with Crippen molar-refractivity contribution in [2.75, 3.05) is 26.2 Å². The number of carbonyl (C=O) groups is 1. The molecule has 1 aliphatic heterocycles. The molecular formula is C14H20N2O2. The maximum Gasteiger partial charge on any atom is 0.236 e. The van der Waals surface area contributed by atoms with Gasteiger partial charge < -0.3 is 15.3 Å². The van der Waals surface area contributed by atoms with Gasteiger partial charge in [0.2, 0.25) is 5.91 Å². The van der Waals surface area contributed by atoms with E-state index < -0.39 is 0 Å². The number of phenolic OH excluding ortho intramolecular Hbond substituents is 1. The lowest BCUT2D eigenvalue weighted by Crippen LogP contribution is -2.48. The van der Waals surface area contributed by atoms with Gasteiger partial charge in [0.1, 0.15) is 5.75 Å². The molecule has 18 heavy (non-hydrogen) atoms. The molecule has 1 aliphatic rings. The quantitative estimate of drug-likeness (QED) is 0.769. The first-order valence-corrected chi connectivity index (χ1v) is 6.52. The summed E-state index contributed by atoms with van der Waals surface area (Å²) in [6, 6.07) is 7.37. The smallest absolute Gasteiger partial charge is 0.236 e. The Labute approximate surface area is 108 Å². The van der Waals surface area contributed by atoms with Crippen molar-refractivity contribution in [3.05, 3.63) is 29.8 Å². The predicted molar refractivity (Wildman–Crippen MR) is 70.5 cm³/mol. The van der Waals surface area contributed by atoms with Gasteiger partial charge in [0, 0.05) is 19.6 Å². The molecule has 1 saturated heterocycles. The fourth-order valence-corrected chi connectivity index (χ4v) is 2.23. The monoisotopic (exact) mass is 248 g/mol. The van der Waals surface area contributed by atoms with E-state index in [2.05, 4.69) is 5.32 Å². The SMILES string of the molecule is O=C1CNCCN1CCCCc1cccc(O)c1. The number of hydrogen-bond acceptors (Lipinski definition) is 3. The standard InChI is InChI=1S/C14H20N2O2/c17-13-6-3-5-12(10-13)4-1-2-8-16-9-7-15-11-14(16)18/h3,5-6,10,15,17H,1-2,4,7-9,11H2. The molecule has 1 heterocycles. The highest BCUT2D eigenvalue weighted by atomic mass is 16.3. The largest absolute Gasteiger partial charge is 0.508 e. The third-order valence-electron chi connectivity index (χ3n) is 3.24. The highest BCUT2D eigenvalue weighted by Crippen LogP contribution is 2.13. The molecule has 2 rings (SSSR count). The molecule has 2 N–H and O–H groups in total. The zero-order valence-electron chi connectivity index (χ0n) is 10.6. The van der Waals surface area contributed by atoms with E-state index in [1.165, 1.54) is 0 Å². The number of carbonyl (C=O) groups excluding carboxylic acids is 1. The topological polar surface area (TPSA) is 52.6 Å². The summed E-state index contributed by atoms with van der Waals surface area (Å²) in [6.45, 7) is 3.05. The summed E-state index contributed by atoms with van der Waals surface area (Å²) in [4.78, 5) is 13.5. The van der Waals surface area contributed by atoms with Crippen molar-refractivity contribution >= 4 is 5.91 Å². The molecule has 0 atom stereocenters. The van der Waals surface area contributed by atoms with E-state index in [0.717, 1.165) is 44.5 Å². The third-order valence-corrected chi connectivity index (χ3v) is 3.24. The Bertz CT molecular complexity index is 407. The van der Waals surface area contributed by atoms with Gasteiger partial charge >= 0.3 is 0 Å². The highest BCUT2D eigenvalue weighted by Gasteiger charge is 2.16. The zero-order valence-corrected chi connectivity index (χ0v) is 10.6. The van der Waals surface area contributed by atoms with Gasteiger partial charge in [-0.3, -0.25) is 4.79 Å². The number of unbranched alkanes of at least 4 members (excludes halogenated alkanes) is 1. The van der Waals surface area contributed by atoms with E-state index in [-0.39, 0.29) is 5.91 Å². The number of nitrogens with one attached hydrogen (secondary N) is 1. The summed E-state index contributed by atoms with van der Waals surface area (Å²) in [6.07, 6.45) is 3.01. The molecule has 0 saturated carbocycles. The van der Waals surface area contributed by atoms with Crippen molar-refractivity contribution in [3.8, 4) is 5.75 Å². The molecule has 0 spiro atoms. The molecule has 0 bridgehead atoms. The summed E-state index contributed by atoms with van der Waals surface area (Å²) in [5.74, 6) is 0.531. The minimum absolute atomic E-state index is 0.207. The van der Waals surface area contributed by atoms with Crippen LogP contribution < -0.4 is 5.32 Å². The molecular weight excluding hydrogens is 228 g/mol. The fourth-order valence-electron chi connectivity index (χ4n) is 2.23. The van der Waals surface area contributed by atoms with Crippen LogP contribution in [0.2, 0.25) is 0 Å². The van der Waals surface area contributed by atoms with Gasteiger partial charge in [-0.25, -0.2) is 0 Å². The first kappa shape index (κ1) is 12.9. The van der Waals surface area contributed by atoms with Crippen LogP contribution in [0.15, 0.2) is 24.3 Å². The van der Waals surface area contributed by atoms with E-state index in [4.69, 9.17) is 0 Å². The van der Waals surface area contributed by atoms with Gasteiger partial charge in [0.25, 0.3) is 0 Å². The third kappa shape index (κ3) is 3.74. The zero-order chi connectivity index (χ0) is 12.8. The lowest BCUT2D eigenvalue weighted by Gasteiger charge is -2.27. The van der Waals surface area contributed by atoms with Crippen molar-refractivity contribution in [2.24, 2.45) is 0 Å². The lowest BCUT2D eigenvalue weighted by molar-refractivity contribution is -0.131. The second kappa shape index (κ2) is 6.40. The van der Waals surface area contributed by atoms with E-state index in [1.807, 2.05) is 17.0 Å². The number of aryl methyl sites for hydroxylation is 1. The van der Waals surface area contributed by atoms with E-state index in [9.17, 15) is 9.90 Å². The van der Waals surface area contributed by atoms with Crippen LogP contribution in [-0.4, -0.2) is 42.1 Å². The second-order valence-electron chi connectivity index (χ2n) is 4.68. The average Bonchev–Trinajstić information content (AvgIpc) is 2.37. The summed E-state index contributed by atoms with van der Waals surface area (Å²) in [5.41, 5.74) is 1.15. The van der Waals surface area contributed by atoms with Gasteiger partial charge in [-0.2, -0.15) is 0 Å². The molecule has 0 unspecified atom stereocenters. The number of rotatable bonds is 5. The number of phenols is 1. The fraction of sp³-hybridized carbons (Fsp3) is 0.500. The molecule has 0 aromatic heterocycles. The van der Waals surface area contributed by atoms with E-state index >= 15 is 0 Å². The Kier molecular flexibility index (Phi) is 4.59. The van der Waals surface area contributed by atoms with Crippen LogP contribution in [0.3, 0.4) is 0 Å². The maximum atomic E-state index is 11.5. The minimum atomic E-state index is 0.207. The summed E-state index contributed by atoms with van der Waals surface area (Å²) in [5, 5.41) is 12.4. The van der Waals surface area contributed by atoms with Gasteiger partial charge in [-0.05, 0) is 37.0 Å². The van der Waals surface area contributed by atoms with E-state index in [1.54, 1.807) is 12.1 Å². The number of benzene rings is 1. The molecule has 0 aliphatic carbocycles. The lowest BCUT2D eigenvalue weighted by atomic mass is 10.1. The van der Waals surface area contributed by atoms with Gasteiger partial charge in [0.15, 0.2) is 0 Å². The van der Waals surface area contributed by atoms with Crippen molar-refractivity contribution < 1.29 is 9.90 Å². The van der Waals surface area contributed by atoms with Gasteiger partial charge in [0.05, 0.1) is 6.54 Å². The number of piperazine rings is 1. The van der Waals surface area contributed by atoms with Gasteiger partial charge in [-0.1, -0.05) is 12.1 Å². The van der Waals surface area contributed by atoms with Crippen molar-refractivity contribution in [1.82, 2.24) is 10.2 Å². The molecule has 1 aromatic rings. The Morgan fingerprint density at radius 2 is 2.22 bits per heavy atom. The number of hydrogen-bond donors (Lipinski definition) is 2. The molecule has 1 amide bonds. The Morgan fingerprint density at radius 3 is 3.00 bits per heavy atom. The molecule has 1 fully saturated rings. The summed E-state index contributed by atoms with van der Waals surface area (Å²) < 4.78 is 0. The van der Waals surface area contributed by atoms with Crippen molar-refractivity contribution in [2.45, 2.75) is 19.3 Å². The molecule has 4 nitrogen and oxygen atoms in total. The van der Waals surface area contributed by atoms with Crippen molar-refractivity contribution in [1.29, 1.82) is 0 Å². The van der Waals surface area contributed by atoms with Gasteiger partial charge in [-0.15, -0.1) is 0 Å². The minimum Gasteiger partial charge on any atom is -0.508 e. The normalized spacial score (nSPS) is 16.0. The van der Waals surface area contributed by atoms with Crippen LogP contribution in [0, 0.1) is 0 Å². The van der Waals surface area contributed by atoms with Crippen molar-refractivity contribution in [3.63, 3.8) is 0 Å². The molecule has 4 heteroatoms. The first-order chi connectivity index (χ1) is 8.75. The molecule has 0 radical (unpaired) electrons. The van der Waals surface area contributed by atoms with Crippen LogP contribution in [0.1, 0.15) is 18.4 Å². The second-order valence-corrected chi connectivity index (χ2v) is 4.68. The highest BCUT2D eigenvalue weighted by molar-refractivity contribution is 5.78. The summed E-state index contributed by atoms with van der Waals surface area (Å²) in [7, 11) is 0. The Hall–Kier alpha value is -1.55. The van der Waals surface area contributed by atoms with Crippen LogP contribution in [0.5, 0.6) is 5.75 Å². The summed E-state index contributed by atoms with van der Waals surface area (Å²) >= 11 is 0. The Balaban J connectivity index is 1.68. The maximum absolute atomic E-state index is 11.5.